The molecule has 0 aromatic rings. The SMILES string of the molecule is CN1CCC2OCCC(N)C2C1. The molecule has 0 radical (unpaired) electrons. The molecule has 2 aliphatic rings. The minimum Gasteiger partial charge on any atom is -0.378 e. The molecular weight excluding hydrogens is 152 g/mol. The first-order chi connectivity index (χ1) is 5.77. The number of fused-ring (bicyclic) bond motifs is 1. The summed E-state index contributed by atoms with van der Waals surface area (Å²) >= 11 is 0. The van der Waals surface area contributed by atoms with Crippen molar-refractivity contribution in [3.05, 3.63) is 0 Å². The zero-order valence-corrected chi connectivity index (χ0v) is 7.70. The number of nitrogens with two attached hydrogens (primary N) is 1. The van der Waals surface area contributed by atoms with E-state index < -0.39 is 0 Å². The highest BCUT2D eigenvalue weighted by molar-refractivity contribution is 4.89. The third kappa shape index (κ3) is 1.49. The van der Waals surface area contributed by atoms with E-state index in [1.165, 1.54) is 0 Å². The number of likely N-dealkylation sites (tertiary alicyclic amines) is 1. The second kappa shape index (κ2) is 3.32. The number of nitrogens with zero attached hydrogens (tertiary/aromatic N) is 1. The van der Waals surface area contributed by atoms with Gasteiger partial charge in [-0.3, -0.25) is 0 Å². The normalized spacial score (nSPS) is 44.0. The Hall–Kier alpha value is -0.120. The second-order valence-electron chi connectivity index (χ2n) is 4.08. The van der Waals surface area contributed by atoms with Gasteiger partial charge in [0, 0.05) is 31.7 Å². The molecule has 2 aliphatic heterocycles. The van der Waals surface area contributed by atoms with Crippen LogP contribution in [0.25, 0.3) is 0 Å². The molecular formula is C9H18N2O. The van der Waals surface area contributed by atoms with E-state index in [2.05, 4.69) is 11.9 Å². The maximum Gasteiger partial charge on any atom is 0.0642 e. The molecule has 0 amide bonds. The van der Waals surface area contributed by atoms with E-state index in [0.717, 1.165) is 32.5 Å². The zero-order chi connectivity index (χ0) is 8.55. The van der Waals surface area contributed by atoms with Crippen LogP contribution in [0.3, 0.4) is 0 Å². The molecule has 3 heteroatoms. The lowest BCUT2D eigenvalue weighted by Gasteiger charge is -2.42. The van der Waals surface area contributed by atoms with Gasteiger partial charge >= 0.3 is 0 Å². The van der Waals surface area contributed by atoms with E-state index in [1.807, 2.05) is 0 Å². The monoisotopic (exact) mass is 170 g/mol. The zero-order valence-electron chi connectivity index (χ0n) is 7.70. The smallest absolute Gasteiger partial charge is 0.0642 e. The van der Waals surface area contributed by atoms with Crippen molar-refractivity contribution >= 4 is 0 Å². The summed E-state index contributed by atoms with van der Waals surface area (Å²) in [7, 11) is 2.16. The highest BCUT2D eigenvalue weighted by atomic mass is 16.5. The summed E-state index contributed by atoms with van der Waals surface area (Å²) in [6.45, 7) is 3.14. The van der Waals surface area contributed by atoms with Crippen molar-refractivity contribution < 1.29 is 4.74 Å². The molecule has 0 bridgehead atoms. The molecule has 2 N–H and O–H groups in total. The van der Waals surface area contributed by atoms with Gasteiger partial charge in [0.05, 0.1) is 6.10 Å². The van der Waals surface area contributed by atoms with Gasteiger partial charge in [-0.2, -0.15) is 0 Å². The number of piperidine rings is 1. The summed E-state index contributed by atoms with van der Waals surface area (Å²) in [5.41, 5.74) is 6.04. The molecule has 3 nitrogen and oxygen atoms in total. The number of ether oxygens (including phenoxy) is 1. The highest BCUT2D eigenvalue weighted by Crippen LogP contribution is 2.26. The topological polar surface area (TPSA) is 38.5 Å². The van der Waals surface area contributed by atoms with Crippen molar-refractivity contribution in [2.24, 2.45) is 11.7 Å². The molecule has 3 unspecified atom stereocenters. The van der Waals surface area contributed by atoms with Crippen molar-refractivity contribution in [3.8, 4) is 0 Å². The molecule has 2 heterocycles. The molecule has 2 saturated heterocycles. The van der Waals surface area contributed by atoms with E-state index >= 15 is 0 Å². The Morgan fingerprint density at radius 2 is 2.25 bits per heavy atom. The maximum atomic E-state index is 6.04. The number of hydrogen-bond acceptors (Lipinski definition) is 3. The Morgan fingerprint density at radius 3 is 3.08 bits per heavy atom. The number of hydrogen-bond donors (Lipinski definition) is 1. The summed E-state index contributed by atoms with van der Waals surface area (Å²) < 4.78 is 5.69. The third-order valence-electron chi connectivity index (χ3n) is 3.13. The van der Waals surface area contributed by atoms with Crippen LogP contribution in [0.2, 0.25) is 0 Å². The van der Waals surface area contributed by atoms with Gasteiger partial charge in [0.25, 0.3) is 0 Å². The van der Waals surface area contributed by atoms with Crippen molar-refractivity contribution in [3.63, 3.8) is 0 Å². The van der Waals surface area contributed by atoms with Crippen molar-refractivity contribution in [1.29, 1.82) is 0 Å². The van der Waals surface area contributed by atoms with Gasteiger partial charge in [-0.05, 0) is 19.9 Å². The van der Waals surface area contributed by atoms with E-state index in [9.17, 15) is 0 Å². The molecule has 0 aromatic carbocycles. The first kappa shape index (κ1) is 8.48. The standard InChI is InChI=1S/C9H18N2O/c1-11-4-2-9-7(6-11)8(10)3-5-12-9/h7-9H,2-6,10H2,1H3. The van der Waals surface area contributed by atoms with Crippen LogP contribution in [0.4, 0.5) is 0 Å². The average molecular weight is 170 g/mol. The van der Waals surface area contributed by atoms with E-state index in [0.29, 0.717) is 18.1 Å². The molecule has 0 aliphatic carbocycles. The summed E-state index contributed by atoms with van der Waals surface area (Å²) in [5.74, 6) is 0.581. The summed E-state index contributed by atoms with van der Waals surface area (Å²) in [6, 6.07) is 0.367. The van der Waals surface area contributed by atoms with Crippen LogP contribution in [-0.2, 0) is 4.74 Å². The Labute approximate surface area is 73.9 Å². The Morgan fingerprint density at radius 1 is 1.42 bits per heavy atom. The average Bonchev–Trinajstić information content (AvgIpc) is 2.07. The molecule has 12 heavy (non-hydrogen) atoms. The van der Waals surface area contributed by atoms with Crippen molar-refractivity contribution in [2.45, 2.75) is 25.0 Å². The van der Waals surface area contributed by atoms with E-state index in [4.69, 9.17) is 10.5 Å². The fourth-order valence-corrected chi connectivity index (χ4v) is 2.32. The fourth-order valence-electron chi connectivity index (χ4n) is 2.32. The number of rotatable bonds is 0. The Bertz CT molecular complexity index is 163. The highest BCUT2D eigenvalue weighted by Gasteiger charge is 2.35. The van der Waals surface area contributed by atoms with Crippen LogP contribution in [0.5, 0.6) is 0 Å². The molecule has 2 fully saturated rings. The van der Waals surface area contributed by atoms with Gasteiger partial charge in [-0.25, -0.2) is 0 Å². The van der Waals surface area contributed by atoms with Crippen LogP contribution >= 0.6 is 0 Å². The lowest BCUT2D eigenvalue weighted by molar-refractivity contribution is -0.0709. The van der Waals surface area contributed by atoms with Crippen LogP contribution in [-0.4, -0.2) is 43.8 Å². The van der Waals surface area contributed by atoms with Crippen LogP contribution in [0.15, 0.2) is 0 Å². The lowest BCUT2D eigenvalue weighted by atomic mass is 9.85. The quantitative estimate of drug-likeness (QED) is 0.558. The molecule has 0 saturated carbocycles. The second-order valence-corrected chi connectivity index (χ2v) is 4.08. The fraction of sp³-hybridized carbons (Fsp3) is 1.00. The van der Waals surface area contributed by atoms with Gasteiger partial charge < -0.3 is 15.4 Å². The van der Waals surface area contributed by atoms with Gasteiger partial charge in [0.15, 0.2) is 0 Å². The minimum atomic E-state index is 0.367. The summed E-state index contributed by atoms with van der Waals surface area (Å²) in [6.07, 6.45) is 2.65. The largest absolute Gasteiger partial charge is 0.378 e. The van der Waals surface area contributed by atoms with Gasteiger partial charge in [-0.1, -0.05) is 0 Å². The summed E-state index contributed by atoms with van der Waals surface area (Å²) in [4.78, 5) is 2.36. The molecule has 70 valence electrons. The third-order valence-corrected chi connectivity index (χ3v) is 3.13. The molecule has 0 aromatic heterocycles. The minimum absolute atomic E-state index is 0.367. The van der Waals surface area contributed by atoms with Gasteiger partial charge in [-0.15, -0.1) is 0 Å². The van der Waals surface area contributed by atoms with Crippen LogP contribution < -0.4 is 5.73 Å². The predicted octanol–water partition coefficient (Wildman–Crippen LogP) is 0.0543. The van der Waals surface area contributed by atoms with E-state index in [1.54, 1.807) is 0 Å². The van der Waals surface area contributed by atoms with E-state index in [-0.39, 0.29) is 0 Å². The molecule has 0 spiro atoms. The lowest BCUT2D eigenvalue weighted by Crippen LogP contribution is -2.53. The summed E-state index contributed by atoms with van der Waals surface area (Å²) in [5, 5.41) is 0. The molecule has 3 atom stereocenters. The van der Waals surface area contributed by atoms with Gasteiger partial charge in [0.2, 0.25) is 0 Å². The Balaban J connectivity index is 2.00. The molecule has 2 rings (SSSR count). The van der Waals surface area contributed by atoms with Crippen LogP contribution in [0, 0.1) is 5.92 Å². The predicted molar refractivity (Wildman–Crippen MR) is 47.9 cm³/mol. The van der Waals surface area contributed by atoms with Gasteiger partial charge in [0.1, 0.15) is 0 Å². The first-order valence-corrected chi connectivity index (χ1v) is 4.83. The van der Waals surface area contributed by atoms with Crippen LogP contribution in [0.1, 0.15) is 12.8 Å². The first-order valence-electron chi connectivity index (χ1n) is 4.83. The maximum absolute atomic E-state index is 6.04. The van der Waals surface area contributed by atoms with Crippen molar-refractivity contribution in [1.82, 2.24) is 4.90 Å². The Kier molecular flexibility index (Phi) is 2.35. The van der Waals surface area contributed by atoms with Crippen molar-refractivity contribution in [2.75, 3.05) is 26.7 Å².